The summed E-state index contributed by atoms with van der Waals surface area (Å²) in [6, 6.07) is 7.22. The highest BCUT2D eigenvalue weighted by atomic mass is 35.5. The minimum absolute atomic E-state index is 0.318. The molecule has 126 valence electrons. The van der Waals surface area contributed by atoms with Crippen LogP contribution in [0.1, 0.15) is 31.4 Å². The van der Waals surface area contributed by atoms with Crippen molar-refractivity contribution in [1.29, 1.82) is 0 Å². The van der Waals surface area contributed by atoms with Crippen molar-refractivity contribution >= 4 is 34.9 Å². The van der Waals surface area contributed by atoms with Gasteiger partial charge < -0.3 is 9.30 Å². The number of ether oxygens (including phenoxy) is 1. The molecule has 3 rings (SSSR count). The smallest absolute Gasteiger partial charge is 0.198 e. The van der Waals surface area contributed by atoms with Gasteiger partial charge in [0, 0.05) is 18.0 Å². The van der Waals surface area contributed by atoms with Gasteiger partial charge in [0.15, 0.2) is 15.3 Å². The van der Waals surface area contributed by atoms with E-state index in [1.54, 1.807) is 12.1 Å². The van der Waals surface area contributed by atoms with Crippen LogP contribution in [-0.4, -0.2) is 24.1 Å². The molecular formula is C15H16ClN5OS2. The Labute approximate surface area is 153 Å². The minimum atomic E-state index is 0.318. The van der Waals surface area contributed by atoms with Crippen LogP contribution in [0, 0.1) is 0 Å². The predicted octanol–water partition coefficient (Wildman–Crippen LogP) is 4.17. The number of nitrogens with zero attached hydrogens (tertiary/aromatic N) is 5. The van der Waals surface area contributed by atoms with Crippen molar-refractivity contribution in [2.45, 2.75) is 35.9 Å². The summed E-state index contributed by atoms with van der Waals surface area (Å²) in [5, 5.41) is 9.83. The highest BCUT2D eigenvalue weighted by Gasteiger charge is 2.14. The largest absolute Gasteiger partial charge is 0.486 e. The zero-order chi connectivity index (χ0) is 17.1. The first-order valence-electron chi connectivity index (χ1n) is 7.31. The van der Waals surface area contributed by atoms with Crippen molar-refractivity contribution in [3.63, 3.8) is 0 Å². The van der Waals surface area contributed by atoms with Crippen LogP contribution in [0.5, 0.6) is 5.75 Å². The molecule has 9 heteroatoms. The molecule has 0 N–H and O–H groups in total. The van der Waals surface area contributed by atoms with E-state index < -0.39 is 0 Å². The number of aromatic nitrogens is 5. The highest BCUT2D eigenvalue weighted by Crippen LogP contribution is 2.29. The third kappa shape index (κ3) is 4.06. The molecule has 0 amide bonds. The molecule has 2 heterocycles. The van der Waals surface area contributed by atoms with Gasteiger partial charge in [-0.2, -0.15) is 4.37 Å². The van der Waals surface area contributed by atoms with Gasteiger partial charge in [0.1, 0.15) is 18.2 Å². The van der Waals surface area contributed by atoms with Crippen molar-refractivity contribution in [2.75, 3.05) is 0 Å². The number of benzene rings is 1. The van der Waals surface area contributed by atoms with Gasteiger partial charge in [-0.25, -0.2) is 4.98 Å². The number of rotatable bonds is 6. The molecule has 0 aliphatic heterocycles. The molecule has 0 aliphatic carbocycles. The van der Waals surface area contributed by atoms with Gasteiger partial charge in [-0.15, -0.1) is 10.2 Å². The van der Waals surface area contributed by atoms with Crippen LogP contribution < -0.4 is 4.74 Å². The summed E-state index contributed by atoms with van der Waals surface area (Å²) in [5.41, 5.74) is 0. The zero-order valence-electron chi connectivity index (χ0n) is 13.4. The van der Waals surface area contributed by atoms with Crippen LogP contribution in [0.25, 0.3) is 0 Å². The van der Waals surface area contributed by atoms with Crippen molar-refractivity contribution < 1.29 is 4.74 Å². The molecule has 24 heavy (non-hydrogen) atoms. The SMILES string of the molecule is CC(C)c1nsc(Sc2nnc(COc3ccc(Cl)cc3)n2C)n1. The Kier molecular flexibility index (Phi) is 5.37. The summed E-state index contributed by atoms with van der Waals surface area (Å²) < 4.78 is 12.8. The minimum Gasteiger partial charge on any atom is -0.486 e. The molecule has 0 atom stereocenters. The summed E-state index contributed by atoms with van der Waals surface area (Å²) in [5.74, 6) is 2.65. The van der Waals surface area contributed by atoms with Gasteiger partial charge in [0.05, 0.1) is 0 Å². The fraction of sp³-hybridized carbons (Fsp3) is 0.333. The van der Waals surface area contributed by atoms with Gasteiger partial charge >= 0.3 is 0 Å². The molecule has 2 aromatic heterocycles. The lowest BCUT2D eigenvalue weighted by atomic mass is 10.2. The van der Waals surface area contributed by atoms with Gasteiger partial charge in [-0.1, -0.05) is 25.4 Å². The predicted molar refractivity (Wildman–Crippen MR) is 94.9 cm³/mol. The molecule has 0 unspecified atom stereocenters. The number of halogens is 1. The summed E-state index contributed by atoms with van der Waals surface area (Å²) in [7, 11) is 1.91. The Hall–Kier alpha value is -1.64. The highest BCUT2D eigenvalue weighted by molar-refractivity contribution is 8.00. The van der Waals surface area contributed by atoms with E-state index in [2.05, 4.69) is 33.4 Å². The molecule has 0 saturated heterocycles. The monoisotopic (exact) mass is 381 g/mol. The summed E-state index contributed by atoms with van der Waals surface area (Å²) in [4.78, 5) is 4.50. The Balaban J connectivity index is 1.65. The molecule has 0 saturated carbocycles. The van der Waals surface area contributed by atoms with Gasteiger partial charge in [-0.05, 0) is 47.6 Å². The van der Waals surface area contributed by atoms with Crippen molar-refractivity contribution in [1.82, 2.24) is 24.1 Å². The van der Waals surface area contributed by atoms with E-state index in [1.807, 2.05) is 23.7 Å². The topological polar surface area (TPSA) is 65.7 Å². The third-order valence-electron chi connectivity index (χ3n) is 3.22. The Bertz CT molecular complexity index is 816. The third-order valence-corrected chi connectivity index (χ3v) is 5.28. The fourth-order valence-corrected chi connectivity index (χ4v) is 3.60. The summed E-state index contributed by atoms with van der Waals surface area (Å²) >= 11 is 8.70. The lowest BCUT2D eigenvalue weighted by Crippen LogP contribution is -2.04. The first kappa shape index (κ1) is 17.2. The first-order valence-corrected chi connectivity index (χ1v) is 9.28. The van der Waals surface area contributed by atoms with E-state index in [4.69, 9.17) is 16.3 Å². The second-order valence-electron chi connectivity index (χ2n) is 5.38. The average Bonchev–Trinajstić information content (AvgIpc) is 3.16. The molecule has 3 aromatic rings. The van der Waals surface area contributed by atoms with E-state index in [0.717, 1.165) is 26.9 Å². The molecular weight excluding hydrogens is 366 g/mol. The zero-order valence-corrected chi connectivity index (χ0v) is 15.8. The van der Waals surface area contributed by atoms with E-state index in [0.29, 0.717) is 17.5 Å². The molecule has 0 bridgehead atoms. The van der Waals surface area contributed by atoms with Crippen LogP contribution in [0.3, 0.4) is 0 Å². The van der Waals surface area contributed by atoms with Crippen molar-refractivity contribution in [3.05, 3.63) is 40.9 Å². The van der Waals surface area contributed by atoms with Crippen LogP contribution in [0.15, 0.2) is 33.8 Å². The van der Waals surface area contributed by atoms with Gasteiger partial charge in [-0.3, -0.25) is 0 Å². The Morgan fingerprint density at radius 3 is 2.67 bits per heavy atom. The fourth-order valence-electron chi connectivity index (χ4n) is 1.81. The molecule has 1 aromatic carbocycles. The molecule has 6 nitrogen and oxygen atoms in total. The maximum atomic E-state index is 5.86. The summed E-state index contributed by atoms with van der Waals surface area (Å²) in [6.45, 7) is 4.48. The standard InChI is InChI=1S/C15H16ClN5OS2/c1-9(2)13-17-15(24-20-13)23-14-19-18-12(21(14)3)8-22-11-6-4-10(16)5-7-11/h4-7,9H,8H2,1-3H3. The van der Waals surface area contributed by atoms with E-state index in [-0.39, 0.29) is 0 Å². The van der Waals surface area contributed by atoms with Crippen LogP contribution in [0.4, 0.5) is 0 Å². The van der Waals surface area contributed by atoms with Crippen LogP contribution in [0.2, 0.25) is 5.02 Å². The van der Waals surface area contributed by atoms with E-state index >= 15 is 0 Å². The second-order valence-corrected chi connectivity index (χ2v) is 7.78. The lowest BCUT2D eigenvalue weighted by Gasteiger charge is -2.06. The molecule has 0 radical (unpaired) electrons. The summed E-state index contributed by atoms with van der Waals surface area (Å²) in [6.07, 6.45) is 0. The van der Waals surface area contributed by atoms with Crippen LogP contribution in [-0.2, 0) is 13.7 Å². The van der Waals surface area contributed by atoms with Crippen molar-refractivity contribution in [2.24, 2.45) is 7.05 Å². The molecule has 0 fully saturated rings. The molecule has 0 aliphatic rings. The Morgan fingerprint density at radius 2 is 2.00 bits per heavy atom. The van der Waals surface area contributed by atoms with Gasteiger partial charge in [0.25, 0.3) is 0 Å². The number of hydrogen-bond acceptors (Lipinski definition) is 7. The maximum absolute atomic E-state index is 5.86. The average molecular weight is 382 g/mol. The maximum Gasteiger partial charge on any atom is 0.198 e. The molecule has 0 spiro atoms. The van der Waals surface area contributed by atoms with Gasteiger partial charge in [0.2, 0.25) is 0 Å². The Morgan fingerprint density at radius 1 is 1.25 bits per heavy atom. The lowest BCUT2D eigenvalue weighted by molar-refractivity contribution is 0.290. The van der Waals surface area contributed by atoms with E-state index in [9.17, 15) is 0 Å². The second kappa shape index (κ2) is 7.50. The van der Waals surface area contributed by atoms with Crippen molar-refractivity contribution in [3.8, 4) is 5.75 Å². The quantitative estimate of drug-likeness (QED) is 0.638. The van der Waals surface area contributed by atoms with E-state index in [1.165, 1.54) is 23.3 Å². The first-order chi connectivity index (χ1) is 11.5. The number of hydrogen-bond donors (Lipinski definition) is 0. The normalized spacial score (nSPS) is 11.2. The van der Waals surface area contributed by atoms with Crippen LogP contribution >= 0.6 is 34.9 Å².